The largest absolute Gasteiger partial charge is 0.489 e. The lowest BCUT2D eigenvalue weighted by Gasteiger charge is -2.06. The summed E-state index contributed by atoms with van der Waals surface area (Å²) in [6.07, 6.45) is 8.18. The molecule has 0 unspecified atom stereocenters. The Morgan fingerprint density at radius 1 is 1.45 bits per heavy atom. The normalized spacial score (nSPS) is 10.7. The van der Waals surface area contributed by atoms with Crippen molar-refractivity contribution in [1.29, 1.82) is 0 Å². The maximum atomic E-state index is 12.0. The molecule has 1 aromatic carbocycles. The summed E-state index contributed by atoms with van der Waals surface area (Å²) >= 11 is 0. The summed E-state index contributed by atoms with van der Waals surface area (Å²) in [6.45, 7) is 4.05. The summed E-state index contributed by atoms with van der Waals surface area (Å²) in [4.78, 5) is 12.0. The van der Waals surface area contributed by atoms with Crippen LogP contribution in [0.25, 0.3) is 6.08 Å². The van der Waals surface area contributed by atoms with E-state index in [0.717, 1.165) is 11.3 Å². The number of aryl methyl sites for hydroxylation is 1. The highest BCUT2D eigenvalue weighted by atomic mass is 16.5. The van der Waals surface area contributed by atoms with Crippen molar-refractivity contribution in [2.75, 3.05) is 6.61 Å². The second kappa shape index (κ2) is 6.52. The Morgan fingerprint density at radius 3 is 2.95 bits per heavy atom. The average molecular weight is 268 g/mol. The van der Waals surface area contributed by atoms with Gasteiger partial charge >= 0.3 is 0 Å². The summed E-state index contributed by atoms with van der Waals surface area (Å²) < 4.78 is 7.13. The Morgan fingerprint density at radius 2 is 2.25 bits per heavy atom. The van der Waals surface area contributed by atoms with Crippen molar-refractivity contribution in [3.8, 4) is 5.75 Å². The van der Waals surface area contributed by atoms with Gasteiger partial charge in [-0.25, -0.2) is 0 Å². The molecule has 0 atom stereocenters. The number of benzene rings is 1. The number of allylic oxidation sites excluding steroid dienone is 1. The number of ketones is 1. The Balaban J connectivity index is 2.14. The third-order valence-electron chi connectivity index (χ3n) is 2.68. The first-order valence-corrected chi connectivity index (χ1v) is 6.24. The molecule has 0 radical (unpaired) electrons. The van der Waals surface area contributed by atoms with Gasteiger partial charge in [0.05, 0.1) is 11.8 Å². The molecule has 4 nitrogen and oxygen atoms in total. The fourth-order valence-electron chi connectivity index (χ4n) is 1.71. The van der Waals surface area contributed by atoms with Gasteiger partial charge in [0.2, 0.25) is 0 Å². The van der Waals surface area contributed by atoms with Crippen molar-refractivity contribution in [1.82, 2.24) is 9.78 Å². The van der Waals surface area contributed by atoms with Crippen LogP contribution >= 0.6 is 0 Å². The molecule has 2 rings (SSSR count). The Kier molecular flexibility index (Phi) is 4.50. The van der Waals surface area contributed by atoms with Gasteiger partial charge in [-0.3, -0.25) is 9.48 Å². The average Bonchev–Trinajstić information content (AvgIpc) is 2.90. The van der Waals surface area contributed by atoms with Gasteiger partial charge in [0.1, 0.15) is 12.4 Å². The van der Waals surface area contributed by atoms with E-state index in [4.69, 9.17) is 4.74 Å². The first-order valence-electron chi connectivity index (χ1n) is 6.24. The van der Waals surface area contributed by atoms with Crippen LogP contribution in [0.15, 0.2) is 55.4 Å². The monoisotopic (exact) mass is 268 g/mol. The molecule has 0 saturated carbocycles. The van der Waals surface area contributed by atoms with E-state index in [1.807, 2.05) is 24.3 Å². The molecule has 20 heavy (non-hydrogen) atoms. The molecular formula is C16H16N2O2. The van der Waals surface area contributed by atoms with E-state index in [-0.39, 0.29) is 5.78 Å². The summed E-state index contributed by atoms with van der Waals surface area (Å²) in [5.41, 5.74) is 1.42. The van der Waals surface area contributed by atoms with Gasteiger partial charge in [-0.15, -0.1) is 0 Å². The van der Waals surface area contributed by atoms with Crippen LogP contribution in [0, 0.1) is 0 Å². The van der Waals surface area contributed by atoms with E-state index >= 15 is 0 Å². The van der Waals surface area contributed by atoms with E-state index in [1.54, 1.807) is 36.3 Å². The number of rotatable bonds is 6. The smallest absolute Gasteiger partial charge is 0.189 e. The van der Waals surface area contributed by atoms with Gasteiger partial charge in [-0.1, -0.05) is 30.9 Å². The highest BCUT2D eigenvalue weighted by molar-refractivity contribution is 6.06. The lowest BCUT2D eigenvalue weighted by molar-refractivity contribution is 0.104. The number of ether oxygens (including phenoxy) is 1. The Labute approximate surface area is 118 Å². The molecule has 2 aromatic rings. The molecule has 0 aliphatic rings. The SMILES string of the molecule is C=CCOc1ccccc1C=CC(=O)c1cnn(C)c1. The molecule has 0 aliphatic heterocycles. The molecule has 102 valence electrons. The van der Waals surface area contributed by atoms with Crippen molar-refractivity contribution < 1.29 is 9.53 Å². The zero-order chi connectivity index (χ0) is 14.4. The Bertz CT molecular complexity index is 641. The van der Waals surface area contributed by atoms with Crippen LogP contribution in [0.2, 0.25) is 0 Å². The molecule has 0 amide bonds. The second-order valence-corrected chi connectivity index (χ2v) is 4.24. The summed E-state index contributed by atoms with van der Waals surface area (Å²) in [6, 6.07) is 7.54. The van der Waals surface area contributed by atoms with Crippen LogP contribution in [0.3, 0.4) is 0 Å². The lowest BCUT2D eigenvalue weighted by Crippen LogP contribution is -1.95. The van der Waals surface area contributed by atoms with Crippen molar-refractivity contribution in [3.63, 3.8) is 0 Å². The zero-order valence-electron chi connectivity index (χ0n) is 11.3. The summed E-state index contributed by atoms with van der Waals surface area (Å²) in [5.74, 6) is 0.638. The predicted octanol–water partition coefficient (Wildman–Crippen LogP) is 2.88. The third kappa shape index (κ3) is 3.45. The maximum absolute atomic E-state index is 12.0. The standard InChI is InChI=1S/C16H16N2O2/c1-3-10-20-16-7-5-4-6-13(16)8-9-15(19)14-11-17-18(2)12-14/h3-9,11-12H,1,10H2,2H3. The number of carbonyl (C=O) groups is 1. The first-order chi connectivity index (χ1) is 9.70. The molecule has 0 aliphatic carbocycles. The van der Waals surface area contributed by atoms with Crippen molar-refractivity contribution in [2.24, 2.45) is 7.05 Å². The van der Waals surface area contributed by atoms with E-state index in [0.29, 0.717) is 12.2 Å². The molecule has 0 N–H and O–H groups in total. The highest BCUT2D eigenvalue weighted by Gasteiger charge is 2.05. The second-order valence-electron chi connectivity index (χ2n) is 4.24. The minimum absolute atomic E-state index is 0.0865. The number of nitrogens with zero attached hydrogens (tertiary/aromatic N) is 2. The van der Waals surface area contributed by atoms with Crippen LogP contribution in [0.1, 0.15) is 15.9 Å². The number of aromatic nitrogens is 2. The van der Waals surface area contributed by atoms with E-state index in [1.165, 1.54) is 6.08 Å². The molecule has 4 heteroatoms. The number of para-hydroxylation sites is 1. The van der Waals surface area contributed by atoms with Gasteiger partial charge in [0.25, 0.3) is 0 Å². The molecular weight excluding hydrogens is 252 g/mol. The number of carbonyl (C=O) groups excluding carboxylic acids is 1. The van der Waals surface area contributed by atoms with Crippen LogP contribution < -0.4 is 4.74 Å². The minimum atomic E-state index is -0.0865. The topological polar surface area (TPSA) is 44.1 Å². The summed E-state index contributed by atoms with van der Waals surface area (Å²) in [7, 11) is 1.78. The molecule has 0 spiro atoms. The van der Waals surface area contributed by atoms with Gasteiger partial charge in [0.15, 0.2) is 5.78 Å². The maximum Gasteiger partial charge on any atom is 0.189 e. The first kappa shape index (κ1) is 13.8. The van der Waals surface area contributed by atoms with Crippen molar-refractivity contribution in [2.45, 2.75) is 0 Å². The van der Waals surface area contributed by atoms with E-state index < -0.39 is 0 Å². The number of hydrogen-bond donors (Lipinski definition) is 0. The predicted molar refractivity (Wildman–Crippen MR) is 78.7 cm³/mol. The minimum Gasteiger partial charge on any atom is -0.489 e. The van der Waals surface area contributed by atoms with Crippen molar-refractivity contribution in [3.05, 3.63) is 66.5 Å². The van der Waals surface area contributed by atoms with E-state index in [2.05, 4.69) is 11.7 Å². The van der Waals surface area contributed by atoms with Gasteiger partial charge in [-0.05, 0) is 18.2 Å². The highest BCUT2D eigenvalue weighted by Crippen LogP contribution is 2.19. The molecule has 1 aromatic heterocycles. The fourth-order valence-corrected chi connectivity index (χ4v) is 1.71. The number of hydrogen-bond acceptors (Lipinski definition) is 3. The molecule has 0 bridgehead atoms. The Hall–Kier alpha value is -2.62. The van der Waals surface area contributed by atoms with Crippen LogP contribution in [0.5, 0.6) is 5.75 Å². The summed E-state index contributed by atoms with van der Waals surface area (Å²) in [5, 5.41) is 3.98. The van der Waals surface area contributed by atoms with Crippen LogP contribution in [-0.4, -0.2) is 22.2 Å². The molecule has 1 heterocycles. The van der Waals surface area contributed by atoms with Crippen LogP contribution in [-0.2, 0) is 7.05 Å². The third-order valence-corrected chi connectivity index (χ3v) is 2.68. The van der Waals surface area contributed by atoms with Gasteiger partial charge in [-0.2, -0.15) is 5.10 Å². The lowest BCUT2D eigenvalue weighted by atomic mass is 10.1. The van der Waals surface area contributed by atoms with E-state index in [9.17, 15) is 4.79 Å². The van der Waals surface area contributed by atoms with Crippen molar-refractivity contribution >= 4 is 11.9 Å². The van der Waals surface area contributed by atoms with Crippen LogP contribution in [0.4, 0.5) is 0 Å². The quantitative estimate of drug-likeness (QED) is 0.459. The molecule has 0 saturated heterocycles. The van der Waals surface area contributed by atoms with Gasteiger partial charge in [0, 0.05) is 18.8 Å². The fraction of sp³-hybridized carbons (Fsp3) is 0.125. The zero-order valence-corrected chi connectivity index (χ0v) is 11.3. The molecule has 0 fully saturated rings. The van der Waals surface area contributed by atoms with Gasteiger partial charge < -0.3 is 4.74 Å².